The summed E-state index contributed by atoms with van der Waals surface area (Å²) in [5.74, 6) is 1.02. The number of hydrogen-bond acceptors (Lipinski definition) is 8. The molecule has 8 nitrogen and oxygen atoms in total. The Morgan fingerprint density at radius 2 is 1.79 bits per heavy atom. The highest BCUT2D eigenvalue weighted by atomic mass is 32.1. The van der Waals surface area contributed by atoms with E-state index < -0.39 is 12.0 Å². The third kappa shape index (κ3) is 6.12. The number of para-hydroxylation sites is 1. The Balaban J connectivity index is 1.58. The molecular weight excluding hydrogens is 562 g/mol. The smallest absolute Gasteiger partial charge is 0.338 e. The number of carbonyl (C=O) groups is 1. The third-order valence-corrected chi connectivity index (χ3v) is 8.30. The lowest BCUT2D eigenvalue weighted by molar-refractivity contribution is -0.139. The van der Waals surface area contributed by atoms with Crippen molar-refractivity contribution >= 4 is 29.1 Å². The molecule has 2 heterocycles. The number of rotatable bonds is 9. The number of aromatic nitrogens is 1. The second-order valence-corrected chi connectivity index (χ2v) is 11.4. The van der Waals surface area contributed by atoms with E-state index in [1.165, 1.54) is 11.3 Å². The maximum Gasteiger partial charge on any atom is 0.338 e. The number of nitrogens with zero attached hydrogens (tertiary/aromatic N) is 3. The molecule has 0 spiro atoms. The lowest BCUT2D eigenvalue weighted by atomic mass is 9.95. The highest BCUT2D eigenvalue weighted by Crippen LogP contribution is 2.32. The SMILES string of the molecule is CCOC(=O)C1=C(C)N=c2s/c(=C/c3ccc(OC)c(COc4ccccc4C)c3)c(=O)n2[C@H]1c1ccc(N(C)C)cc1. The van der Waals surface area contributed by atoms with Gasteiger partial charge in [-0.1, -0.05) is 47.7 Å². The second-order valence-electron chi connectivity index (χ2n) is 10.4. The third-order valence-electron chi connectivity index (χ3n) is 7.32. The van der Waals surface area contributed by atoms with Crippen molar-refractivity contribution in [3.05, 3.63) is 120 Å². The molecule has 0 amide bonds. The zero-order chi connectivity index (χ0) is 30.7. The van der Waals surface area contributed by atoms with Gasteiger partial charge in [0.2, 0.25) is 0 Å². The lowest BCUT2D eigenvalue weighted by Crippen LogP contribution is -2.39. The second kappa shape index (κ2) is 12.7. The van der Waals surface area contributed by atoms with E-state index in [-0.39, 0.29) is 12.2 Å². The van der Waals surface area contributed by atoms with Gasteiger partial charge in [0, 0.05) is 25.3 Å². The van der Waals surface area contributed by atoms with Crippen molar-refractivity contribution in [1.82, 2.24) is 4.57 Å². The van der Waals surface area contributed by atoms with Crippen LogP contribution in [-0.2, 0) is 16.1 Å². The Labute approximate surface area is 254 Å². The fourth-order valence-electron chi connectivity index (χ4n) is 5.09. The number of methoxy groups -OCH3 is 1. The Kier molecular flexibility index (Phi) is 8.82. The largest absolute Gasteiger partial charge is 0.496 e. The van der Waals surface area contributed by atoms with Gasteiger partial charge in [-0.15, -0.1) is 0 Å². The van der Waals surface area contributed by atoms with Gasteiger partial charge in [0.1, 0.15) is 18.1 Å². The van der Waals surface area contributed by atoms with Gasteiger partial charge in [-0.25, -0.2) is 9.79 Å². The summed E-state index contributed by atoms with van der Waals surface area (Å²) >= 11 is 1.29. The van der Waals surface area contributed by atoms with E-state index in [9.17, 15) is 9.59 Å². The van der Waals surface area contributed by atoms with Crippen molar-refractivity contribution < 1.29 is 19.0 Å². The minimum atomic E-state index is -0.664. The quantitative estimate of drug-likeness (QED) is 0.259. The predicted octanol–water partition coefficient (Wildman–Crippen LogP) is 4.76. The fourth-order valence-corrected chi connectivity index (χ4v) is 6.13. The molecule has 1 atom stereocenters. The fraction of sp³-hybridized carbons (Fsp3) is 0.265. The first-order valence-corrected chi connectivity index (χ1v) is 14.9. The molecule has 0 bridgehead atoms. The van der Waals surface area contributed by atoms with E-state index in [1.54, 1.807) is 25.5 Å². The average Bonchev–Trinajstić information content (AvgIpc) is 3.30. The maximum absolute atomic E-state index is 14.0. The Morgan fingerprint density at radius 1 is 1.05 bits per heavy atom. The first-order chi connectivity index (χ1) is 20.7. The van der Waals surface area contributed by atoms with Crippen LogP contribution in [0.2, 0.25) is 0 Å². The van der Waals surface area contributed by atoms with Gasteiger partial charge in [0.25, 0.3) is 5.56 Å². The number of ether oxygens (including phenoxy) is 3. The monoisotopic (exact) mass is 597 g/mol. The van der Waals surface area contributed by atoms with Crippen molar-refractivity contribution in [3.63, 3.8) is 0 Å². The van der Waals surface area contributed by atoms with Crippen LogP contribution >= 0.6 is 11.3 Å². The van der Waals surface area contributed by atoms with E-state index in [4.69, 9.17) is 14.2 Å². The molecule has 222 valence electrons. The summed E-state index contributed by atoms with van der Waals surface area (Å²) in [7, 11) is 5.55. The Morgan fingerprint density at radius 3 is 2.47 bits per heavy atom. The summed E-state index contributed by atoms with van der Waals surface area (Å²) in [5, 5.41) is 0. The molecule has 0 saturated carbocycles. The lowest BCUT2D eigenvalue weighted by Gasteiger charge is -2.25. The molecule has 9 heteroatoms. The van der Waals surface area contributed by atoms with Crippen molar-refractivity contribution in [2.24, 2.45) is 4.99 Å². The summed E-state index contributed by atoms with van der Waals surface area (Å²) in [4.78, 5) is 34.4. The molecule has 0 aliphatic carbocycles. The number of hydrogen-bond donors (Lipinski definition) is 0. The summed E-state index contributed by atoms with van der Waals surface area (Å²) < 4.78 is 19.2. The number of fused-ring (bicyclic) bond motifs is 1. The molecule has 0 radical (unpaired) electrons. The summed E-state index contributed by atoms with van der Waals surface area (Å²) in [6.45, 7) is 6.08. The first-order valence-electron chi connectivity index (χ1n) is 14.0. The predicted molar refractivity (Wildman–Crippen MR) is 170 cm³/mol. The molecule has 1 aromatic heterocycles. The van der Waals surface area contributed by atoms with E-state index in [1.807, 2.05) is 98.7 Å². The van der Waals surface area contributed by atoms with Crippen LogP contribution in [0.3, 0.4) is 0 Å². The molecule has 0 saturated heterocycles. The van der Waals surface area contributed by atoms with Crippen molar-refractivity contribution in [2.45, 2.75) is 33.4 Å². The van der Waals surface area contributed by atoms with Gasteiger partial charge in [-0.3, -0.25) is 9.36 Å². The molecule has 43 heavy (non-hydrogen) atoms. The maximum atomic E-state index is 14.0. The zero-order valence-corrected chi connectivity index (χ0v) is 26.0. The zero-order valence-electron chi connectivity index (χ0n) is 25.2. The van der Waals surface area contributed by atoms with E-state index in [2.05, 4.69) is 4.99 Å². The molecule has 0 N–H and O–H groups in total. The van der Waals surface area contributed by atoms with E-state index in [0.29, 0.717) is 33.0 Å². The van der Waals surface area contributed by atoms with Crippen molar-refractivity contribution in [1.29, 1.82) is 0 Å². The number of thiazole rings is 1. The van der Waals surface area contributed by atoms with Gasteiger partial charge in [0.05, 0.1) is 35.6 Å². The van der Waals surface area contributed by atoms with Gasteiger partial charge in [0.15, 0.2) is 4.80 Å². The molecule has 0 fully saturated rings. The van der Waals surface area contributed by atoms with Gasteiger partial charge in [-0.05, 0) is 73.9 Å². The van der Waals surface area contributed by atoms with E-state index >= 15 is 0 Å². The van der Waals surface area contributed by atoms with Crippen LogP contribution in [0.4, 0.5) is 5.69 Å². The molecule has 4 aromatic rings. The van der Waals surface area contributed by atoms with E-state index in [0.717, 1.165) is 33.7 Å². The first kappa shape index (κ1) is 29.8. The molecule has 1 aliphatic rings. The van der Waals surface area contributed by atoms with Crippen LogP contribution < -0.4 is 29.3 Å². The summed E-state index contributed by atoms with van der Waals surface area (Å²) in [5.41, 5.74) is 5.20. The van der Waals surface area contributed by atoms with Crippen LogP contribution in [0.15, 0.2) is 87.8 Å². The van der Waals surface area contributed by atoms with Crippen LogP contribution in [-0.4, -0.2) is 38.3 Å². The Bertz CT molecular complexity index is 1870. The van der Waals surface area contributed by atoms with Gasteiger partial charge >= 0.3 is 5.97 Å². The summed E-state index contributed by atoms with van der Waals surface area (Å²) in [6, 6.07) is 20.8. The summed E-state index contributed by atoms with van der Waals surface area (Å²) in [6.07, 6.45) is 1.84. The van der Waals surface area contributed by atoms with Crippen LogP contribution in [0.25, 0.3) is 6.08 Å². The minimum absolute atomic E-state index is 0.222. The highest BCUT2D eigenvalue weighted by Gasteiger charge is 2.33. The Hall–Kier alpha value is -4.63. The number of esters is 1. The average molecular weight is 598 g/mol. The highest BCUT2D eigenvalue weighted by molar-refractivity contribution is 7.07. The number of benzene rings is 3. The van der Waals surface area contributed by atoms with Crippen molar-refractivity contribution in [2.75, 3.05) is 32.7 Å². The number of carbonyl (C=O) groups excluding carboxylic acids is 1. The van der Waals surface area contributed by atoms with Gasteiger partial charge < -0.3 is 19.1 Å². The van der Waals surface area contributed by atoms with Crippen LogP contribution in [0.1, 0.15) is 42.1 Å². The van der Waals surface area contributed by atoms with Crippen LogP contribution in [0.5, 0.6) is 11.5 Å². The van der Waals surface area contributed by atoms with Crippen molar-refractivity contribution in [3.8, 4) is 11.5 Å². The number of allylic oxidation sites excluding steroid dienone is 1. The molecule has 1 aliphatic heterocycles. The molecular formula is C34H35N3O5S. The van der Waals surface area contributed by atoms with Crippen LogP contribution in [0, 0.1) is 6.92 Å². The van der Waals surface area contributed by atoms with Gasteiger partial charge in [-0.2, -0.15) is 0 Å². The minimum Gasteiger partial charge on any atom is -0.496 e. The topological polar surface area (TPSA) is 82.4 Å². The number of anilines is 1. The normalized spacial score (nSPS) is 14.7. The standard InChI is InChI=1S/C34H35N3O5S/c1-7-41-33(39)30-22(3)35-34-37(31(30)24-13-15-26(16-14-24)36(4)5)32(38)29(43-34)19-23-12-17-28(40-6)25(18-23)20-42-27-11-9-8-10-21(27)2/h8-19,31H,7,20H2,1-6H3/b29-19+/t31-/m0/s1. The number of aryl methyl sites for hydroxylation is 1. The molecule has 0 unspecified atom stereocenters. The molecule has 5 rings (SSSR count). The molecule has 3 aromatic carbocycles.